The van der Waals surface area contributed by atoms with Gasteiger partial charge in [0.15, 0.2) is 0 Å². The molecule has 0 spiro atoms. The van der Waals surface area contributed by atoms with Gasteiger partial charge in [0.25, 0.3) is 0 Å². The highest BCUT2D eigenvalue weighted by molar-refractivity contribution is 9.09. The summed E-state index contributed by atoms with van der Waals surface area (Å²) in [6, 6.07) is 0. The number of aliphatic hydroxyl groups is 1. The molecule has 2 aliphatic rings. The molecule has 0 aliphatic heterocycles. The molecule has 0 amide bonds. The van der Waals surface area contributed by atoms with Gasteiger partial charge in [0.1, 0.15) is 0 Å². The molecule has 2 saturated carbocycles. The Hall–Kier alpha value is -0.0900. The summed E-state index contributed by atoms with van der Waals surface area (Å²) >= 11 is 3.85. The number of carbonyl (C=O) groups is 1. The minimum Gasteiger partial charge on any atom is -0.465 e. The summed E-state index contributed by atoms with van der Waals surface area (Å²) in [5.41, 5.74) is -0.643. The number of rotatable bonds is 2. The van der Waals surface area contributed by atoms with Crippen LogP contribution in [-0.2, 0) is 9.53 Å². The van der Waals surface area contributed by atoms with Gasteiger partial charge in [0.05, 0.1) is 12.2 Å². The van der Waals surface area contributed by atoms with Gasteiger partial charge in [0, 0.05) is 17.2 Å². The van der Waals surface area contributed by atoms with Gasteiger partial charge >= 0.3 is 5.97 Å². The molecule has 3 nitrogen and oxygen atoms in total. The molecule has 21 heavy (non-hydrogen) atoms. The van der Waals surface area contributed by atoms with E-state index in [0.29, 0.717) is 17.4 Å². The third kappa shape index (κ3) is 2.78. The fourth-order valence-electron chi connectivity index (χ4n) is 4.88. The van der Waals surface area contributed by atoms with Crippen LogP contribution in [0.4, 0.5) is 0 Å². The number of hydrogen-bond donors (Lipinski definition) is 1. The number of alkyl halides is 1. The van der Waals surface area contributed by atoms with Crippen LogP contribution in [-0.4, -0.2) is 28.1 Å². The zero-order valence-electron chi connectivity index (χ0n) is 13.9. The van der Waals surface area contributed by atoms with Gasteiger partial charge in [-0.2, -0.15) is 0 Å². The van der Waals surface area contributed by atoms with E-state index in [4.69, 9.17) is 4.74 Å². The summed E-state index contributed by atoms with van der Waals surface area (Å²) in [6.45, 7) is 10.6. The predicted molar refractivity (Wildman–Crippen MR) is 87.3 cm³/mol. The first-order valence-corrected chi connectivity index (χ1v) is 8.95. The van der Waals surface area contributed by atoms with Gasteiger partial charge in [-0.1, -0.05) is 36.7 Å². The number of fused-ring (bicyclic) bond motifs is 1. The molecule has 0 aromatic rings. The lowest BCUT2D eigenvalue weighted by Crippen LogP contribution is -2.61. The predicted octanol–water partition coefficient (Wildman–Crippen LogP) is 3.92. The zero-order chi connectivity index (χ0) is 16.1. The molecule has 2 aliphatic carbocycles. The summed E-state index contributed by atoms with van der Waals surface area (Å²) in [7, 11) is 0. The van der Waals surface area contributed by atoms with E-state index in [0.717, 1.165) is 25.7 Å². The first-order chi connectivity index (χ1) is 9.54. The van der Waals surface area contributed by atoms with E-state index in [1.807, 2.05) is 6.92 Å². The van der Waals surface area contributed by atoms with Crippen molar-refractivity contribution in [1.82, 2.24) is 0 Å². The Balaban J connectivity index is 2.40. The van der Waals surface area contributed by atoms with Crippen molar-refractivity contribution < 1.29 is 14.6 Å². The van der Waals surface area contributed by atoms with Crippen molar-refractivity contribution in [3.63, 3.8) is 0 Å². The first kappa shape index (κ1) is 17.3. The van der Waals surface area contributed by atoms with E-state index in [2.05, 4.69) is 36.7 Å². The summed E-state index contributed by atoms with van der Waals surface area (Å²) < 4.78 is 5.47. The number of esters is 1. The molecule has 2 fully saturated rings. The van der Waals surface area contributed by atoms with E-state index >= 15 is 0 Å². The number of carbonyl (C=O) groups excluding carboxylic acids is 1. The quantitative estimate of drug-likeness (QED) is 0.599. The maximum absolute atomic E-state index is 11.4. The molecule has 122 valence electrons. The molecule has 0 saturated heterocycles. The van der Waals surface area contributed by atoms with Crippen LogP contribution >= 0.6 is 15.9 Å². The topological polar surface area (TPSA) is 46.5 Å². The summed E-state index contributed by atoms with van der Waals surface area (Å²) in [5, 5.41) is 10.8. The number of ether oxygens (including phenoxy) is 1. The van der Waals surface area contributed by atoms with Gasteiger partial charge in [-0.25, -0.2) is 0 Å². The molecule has 2 rings (SSSR count). The Labute approximate surface area is 137 Å². The minimum atomic E-state index is -0.675. The van der Waals surface area contributed by atoms with Crippen LogP contribution in [0.5, 0.6) is 0 Å². The van der Waals surface area contributed by atoms with Crippen molar-refractivity contribution in [2.75, 3.05) is 6.61 Å². The highest BCUT2D eigenvalue weighted by atomic mass is 79.9. The Morgan fingerprint density at radius 2 is 1.90 bits per heavy atom. The fraction of sp³-hybridized carbons (Fsp3) is 0.941. The lowest BCUT2D eigenvalue weighted by atomic mass is 9.45. The number of halogens is 1. The van der Waals surface area contributed by atoms with E-state index in [1.165, 1.54) is 6.92 Å². The van der Waals surface area contributed by atoms with Gasteiger partial charge in [-0.05, 0) is 49.9 Å². The maximum Gasteiger partial charge on any atom is 0.302 e. The van der Waals surface area contributed by atoms with Crippen LogP contribution in [0, 0.1) is 22.7 Å². The minimum absolute atomic E-state index is 0.110. The van der Waals surface area contributed by atoms with Crippen LogP contribution in [0.25, 0.3) is 0 Å². The monoisotopic (exact) mass is 360 g/mol. The molecule has 0 bridgehead atoms. The van der Waals surface area contributed by atoms with Gasteiger partial charge in [-0.3, -0.25) is 4.79 Å². The maximum atomic E-state index is 11.4. The largest absolute Gasteiger partial charge is 0.465 e. The van der Waals surface area contributed by atoms with Gasteiger partial charge in [-0.15, -0.1) is 0 Å². The molecular weight excluding hydrogens is 332 g/mol. The highest BCUT2D eigenvalue weighted by Crippen LogP contribution is 2.63. The molecule has 1 N–H and O–H groups in total. The molecule has 5 atom stereocenters. The first-order valence-electron chi connectivity index (χ1n) is 8.04. The SMILES string of the molecule is CC(=O)OC[C@]12CC[C@H](Br)C(C)(C)[C@@H]1CC[C@@](C)(O)[C@H]2C. The second-order valence-electron chi connectivity index (χ2n) is 8.01. The molecule has 0 radical (unpaired) electrons. The van der Waals surface area contributed by atoms with Crippen molar-refractivity contribution in [3.05, 3.63) is 0 Å². The molecule has 4 heteroatoms. The second-order valence-corrected chi connectivity index (χ2v) is 9.12. The van der Waals surface area contributed by atoms with E-state index in [9.17, 15) is 9.90 Å². The summed E-state index contributed by atoms with van der Waals surface area (Å²) in [4.78, 5) is 11.8. The second kappa shape index (κ2) is 5.52. The van der Waals surface area contributed by atoms with Crippen molar-refractivity contribution in [2.45, 2.75) is 70.7 Å². The van der Waals surface area contributed by atoms with Crippen molar-refractivity contribution in [3.8, 4) is 0 Å². The summed E-state index contributed by atoms with van der Waals surface area (Å²) in [6.07, 6.45) is 3.88. The smallest absolute Gasteiger partial charge is 0.302 e. The number of hydrogen-bond acceptors (Lipinski definition) is 3. The lowest BCUT2D eigenvalue weighted by molar-refractivity contribution is -0.193. The van der Waals surface area contributed by atoms with Crippen LogP contribution in [0.3, 0.4) is 0 Å². The standard InChI is InChI=1S/C17H29BrO3/c1-11-16(5,20)8-6-13-15(3,4)14(18)7-9-17(11,13)10-21-12(2)19/h11,13-14,20H,6-10H2,1-5H3/t11-,13+,14+,16-,17+/m1/s1. The summed E-state index contributed by atoms with van der Waals surface area (Å²) in [5.74, 6) is 0.361. The van der Waals surface area contributed by atoms with Gasteiger partial charge < -0.3 is 9.84 Å². The van der Waals surface area contributed by atoms with Crippen LogP contribution in [0.1, 0.15) is 60.3 Å². The fourth-order valence-corrected chi connectivity index (χ4v) is 5.43. The molecular formula is C17H29BrO3. The van der Waals surface area contributed by atoms with Crippen LogP contribution < -0.4 is 0 Å². The molecule has 0 aromatic heterocycles. The average molecular weight is 361 g/mol. The Morgan fingerprint density at radius 3 is 2.48 bits per heavy atom. The van der Waals surface area contributed by atoms with E-state index in [1.54, 1.807) is 0 Å². The third-order valence-corrected chi connectivity index (χ3v) is 8.18. The third-order valence-electron chi connectivity index (χ3n) is 6.54. The zero-order valence-corrected chi connectivity index (χ0v) is 15.5. The average Bonchev–Trinajstić information content (AvgIpc) is 2.37. The molecule has 0 heterocycles. The van der Waals surface area contributed by atoms with Gasteiger partial charge in [0.2, 0.25) is 0 Å². The normalized spacial score (nSPS) is 45.8. The highest BCUT2D eigenvalue weighted by Gasteiger charge is 2.61. The van der Waals surface area contributed by atoms with Crippen LogP contribution in [0.2, 0.25) is 0 Å². The van der Waals surface area contributed by atoms with E-state index in [-0.39, 0.29) is 22.7 Å². The Bertz CT molecular complexity index is 418. The van der Waals surface area contributed by atoms with Crippen LogP contribution in [0.15, 0.2) is 0 Å². The Kier molecular flexibility index (Phi) is 4.54. The molecule has 0 unspecified atom stereocenters. The van der Waals surface area contributed by atoms with E-state index < -0.39 is 5.60 Å². The van der Waals surface area contributed by atoms with Crippen molar-refractivity contribution in [1.29, 1.82) is 0 Å². The van der Waals surface area contributed by atoms with Crippen molar-refractivity contribution in [2.24, 2.45) is 22.7 Å². The lowest BCUT2D eigenvalue weighted by Gasteiger charge is -2.62. The van der Waals surface area contributed by atoms with Crippen molar-refractivity contribution >= 4 is 21.9 Å². The molecule has 0 aromatic carbocycles. The Morgan fingerprint density at radius 1 is 1.29 bits per heavy atom.